The van der Waals surface area contributed by atoms with Gasteiger partial charge in [0.1, 0.15) is 12.2 Å². The number of hydrogen-bond acceptors (Lipinski definition) is 6. The molecule has 128 valence electrons. The number of H-pyrrole nitrogens is 1. The highest BCUT2D eigenvalue weighted by atomic mass is 35.5. The Bertz CT molecular complexity index is 902. The monoisotopic (exact) mass is 356 g/mol. The Morgan fingerprint density at radius 2 is 2.38 bits per heavy atom. The molecule has 0 aliphatic carbocycles. The maximum absolute atomic E-state index is 15.4. The molecule has 24 heavy (non-hydrogen) atoms. The van der Waals surface area contributed by atoms with Crippen LogP contribution in [0.4, 0.5) is 10.3 Å². The molecule has 0 amide bonds. The van der Waals surface area contributed by atoms with Crippen molar-refractivity contribution in [2.24, 2.45) is 0 Å². The fourth-order valence-corrected chi connectivity index (χ4v) is 2.96. The van der Waals surface area contributed by atoms with Gasteiger partial charge in [-0.3, -0.25) is 9.78 Å². The van der Waals surface area contributed by atoms with Crippen LogP contribution in [0.1, 0.15) is 13.2 Å². The third-order valence-electron chi connectivity index (χ3n) is 3.95. The number of fused-ring (bicyclic) bond motifs is 1. The van der Waals surface area contributed by atoms with E-state index < -0.39 is 35.8 Å². The zero-order valence-corrected chi connectivity index (χ0v) is 13.2. The molecule has 3 rings (SSSR count). The number of nitrogens with one attached hydrogen (secondary N) is 1. The van der Waals surface area contributed by atoms with Gasteiger partial charge in [-0.1, -0.05) is 0 Å². The highest BCUT2D eigenvalue weighted by molar-refractivity contribution is 6.30. The summed E-state index contributed by atoms with van der Waals surface area (Å²) in [5.74, 6) is 1.92. The van der Waals surface area contributed by atoms with E-state index in [0.29, 0.717) is 0 Å². The number of nitrogen functional groups attached to an aromatic ring is 1. The van der Waals surface area contributed by atoms with Gasteiger partial charge < -0.3 is 25.3 Å². The molecule has 1 saturated heterocycles. The number of rotatable bonds is 2. The van der Waals surface area contributed by atoms with Crippen LogP contribution in [-0.4, -0.2) is 48.7 Å². The van der Waals surface area contributed by atoms with Gasteiger partial charge in [0.05, 0.1) is 11.5 Å². The van der Waals surface area contributed by atoms with Crippen molar-refractivity contribution in [3.8, 4) is 11.3 Å². The molecule has 0 saturated carbocycles. The summed E-state index contributed by atoms with van der Waals surface area (Å²) in [5, 5.41) is 22.0. The van der Waals surface area contributed by atoms with Gasteiger partial charge in [-0.2, -0.15) is 4.98 Å². The summed E-state index contributed by atoms with van der Waals surface area (Å²) in [7, 11) is 0. The van der Waals surface area contributed by atoms with Crippen LogP contribution in [0.15, 0.2) is 17.1 Å². The number of aliphatic hydroxyl groups is 2. The molecule has 0 bridgehead atoms. The van der Waals surface area contributed by atoms with Crippen molar-refractivity contribution < 1.29 is 19.3 Å². The normalized spacial score (nSPS) is 31.0. The molecule has 10 heteroatoms. The predicted octanol–water partition coefficient (Wildman–Crippen LogP) is -0.146. The summed E-state index contributed by atoms with van der Waals surface area (Å²) in [4.78, 5) is 18.2. The van der Waals surface area contributed by atoms with E-state index in [9.17, 15) is 15.0 Å². The molecule has 8 nitrogen and oxygen atoms in total. The second kappa shape index (κ2) is 5.75. The molecule has 3 heterocycles. The predicted molar refractivity (Wildman–Crippen MR) is 83.8 cm³/mol. The minimum absolute atomic E-state index is 0.0538. The lowest BCUT2D eigenvalue weighted by Gasteiger charge is -2.24. The van der Waals surface area contributed by atoms with Crippen LogP contribution in [0.25, 0.3) is 11.0 Å². The Hall–Kier alpha value is -2.12. The minimum atomic E-state index is -2.62. The van der Waals surface area contributed by atoms with Crippen LogP contribution < -0.4 is 11.3 Å². The smallest absolute Gasteiger partial charge is 0.261 e. The Balaban J connectivity index is 2.20. The van der Waals surface area contributed by atoms with Gasteiger partial charge in [0.2, 0.25) is 11.6 Å². The third-order valence-corrected chi connectivity index (χ3v) is 4.05. The van der Waals surface area contributed by atoms with Gasteiger partial charge >= 0.3 is 0 Å². The highest BCUT2D eigenvalue weighted by Gasteiger charge is 2.59. The van der Waals surface area contributed by atoms with Crippen LogP contribution in [0, 0.1) is 11.3 Å². The van der Waals surface area contributed by atoms with Crippen molar-refractivity contribution in [3.05, 3.63) is 22.6 Å². The number of aromatic amines is 1. The number of aliphatic hydroxyl groups excluding tert-OH is 2. The maximum atomic E-state index is 15.4. The summed E-state index contributed by atoms with van der Waals surface area (Å²) >= 11 is 5.33. The summed E-state index contributed by atoms with van der Waals surface area (Å²) < 4.78 is 22.0. The number of nitrogens with zero attached hydrogens (tertiary/aromatic N) is 2. The van der Waals surface area contributed by atoms with E-state index in [1.165, 1.54) is 23.8 Å². The lowest BCUT2D eigenvalue weighted by molar-refractivity contribution is -0.0775. The maximum Gasteiger partial charge on any atom is 0.261 e. The number of nitrogens with two attached hydrogens (primary N) is 1. The Morgan fingerprint density at radius 3 is 3.00 bits per heavy atom. The molecule has 1 aliphatic heterocycles. The van der Waals surface area contributed by atoms with Crippen molar-refractivity contribution in [2.45, 2.75) is 37.1 Å². The molecule has 2 unspecified atom stereocenters. The molecule has 5 N–H and O–H groups in total. The zero-order valence-electron chi connectivity index (χ0n) is 12.4. The quantitative estimate of drug-likeness (QED) is 0.554. The molecule has 1 fully saturated rings. The average Bonchev–Trinajstić information content (AvgIpc) is 3.00. The number of halogens is 2. The second-order valence-electron chi connectivity index (χ2n) is 5.54. The van der Waals surface area contributed by atoms with Crippen molar-refractivity contribution in [1.29, 1.82) is 0 Å². The van der Waals surface area contributed by atoms with E-state index in [4.69, 9.17) is 22.1 Å². The summed E-state index contributed by atoms with van der Waals surface area (Å²) in [5.41, 5.74) is 2.46. The van der Waals surface area contributed by atoms with Crippen LogP contribution in [-0.2, 0) is 4.74 Å². The molecule has 1 aliphatic rings. The summed E-state index contributed by atoms with van der Waals surface area (Å²) in [6.07, 6.45) is -4.29. The fourth-order valence-electron chi connectivity index (χ4n) is 2.81. The first-order valence-electron chi connectivity index (χ1n) is 6.99. The second-order valence-corrected chi connectivity index (χ2v) is 5.73. The molecular weight excluding hydrogens is 343 g/mol. The van der Waals surface area contributed by atoms with Crippen LogP contribution in [0.3, 0.4) is 0 Å². The van der Waals surface area contributed by atoms with Crippen molar-refractivity contribution >= 4 is 28.6 Å². The van der Waals surface area contributed by atoms with Gasteiger partial charge in [-0.15, -0.1) is 0 Å². The molecular formula is C14H14ClFN4O4. The molecule has 0 radical (unpaired) electrons. The molecule has 5 atom stereocenters. The first kappa shape index (κ1) is 16.7. The van der Waals surface area contributed by atoms with Crippen LogP contribution in [0.5, 0.6) is 0 Å². The van der Waals surface area contributed by atoms with E-state index in [0.717, 1.165) is 0 Å². The zero-order chi connectivity index (χ0) is 17.6. The standard InChI is InChI=1S/C14H14ClFN4O4/c1-6(21)8-9(22)14(16,3-4-15)12(24-8)20-5-2-7-10(20)18-13(17)19-11(7)23/h2,5-6,8-9,12,21-22H,1H3,(H3,17,18,19,23)/t6-,8?,9?,12+,14+/m0/s1. The average molecular weight is 357 g/mol. The van der Waals surface area contributed by atoms with E-state index in [-0.39, 0.29) is 17.0 Å². The highest BCUT2D eigenvalue weighted by Crippen LogP contribution is 2.43. The van der Waals surface area contributed by atoms with Crippen molar-refractivity contribution in [1.82, 2.24) is 14.5 Å². The van der Waals surface area contributed by atoms with Crippen molar-refractivity contribution in [2.75, 3.05) is 5.73 Å². The largest absolute Gasteiger partial charge is 0.391 e. The molecule has 2 aromatic heterocycles. The van der Waals surface area contributed by atoms with Crippen LogP contribution >= 0.6 is 11.6 Å². The number of alkyl halides is 1. The van der Waals surface area contributed by atoms with Gasteiger partial charge in [-0.25, -0.2) is 4.39 Å². The molecule has 0 spiro atoms. The molecule has 0 aromatic carbocycles. The van der Waals surface area contributed by atoms with Gasteiger partial charge in [-0.05, 0) is 30.5 Å². The van der Waals surface area contributed by atoms with Gasteiger partial charge in [0.15, 0.2) is 11.9 Å². The summed E-state index contributed by atoms with van der Waals surface area (Å²) in [6, 6.07) is 1.40. The lowest BCUT2D eigenvalue weighted by Crippen LogP contribution is -2.44. The van der Waals surface area contributed by atoms with Crippen molar-refractivity contribution in [3.63, 3.8) is 0 Å². The Labute approximate surface area is 140 Å². The topological polar surface area (TPSA) is 126 Å². The first-order valence-corrected chi connectivity index (χ1v) is 7.37. The number of ether oxygens (including phenoxy) is 1. The Morgan fingerprint density at radius 1 is 1.67 bits per heavy atom. The lowest BCUT2D eigenvalue weighted by atomic mass is 9.95. The number of hydrogen-bond donors (Lipinski definition) is 4. The third kappa shape index (κ3) is 2.35. The SMILES string of the molecule is C[C@H](O)C1O[C@@H](n2ccc3c(=O)[nH]c(N)nc32)[C@@](F)(C#CCl)C1O. The minimum Gasteiger partial charge on any atom is -0.391 e. The van der Waals surface area contributed by atoms with E-state index in [1.54, 1.807) is 0 Å². The van der Waals surface area contributed by atoms with Crippen LogP contribution in [0.2, 0.25) is 0 Å². The Kier molecular flexibility index (Phi) is 4.01. The van der Waals surface area contributed by atoms with Gasteiger partial charge in [0, 0.05) is 11.6 Å². The number of anilines is 1. The molecule has 2 aromatic rings. The van der Waals surface area contributed by atoms with Gasteiger partial charge in [0.25, 0.3) is 5.56 Å². The van der Waals surface area contributed by atoms with E-state index in [2.05, 4.69) is 15.9 Å². The first-order chi connectivity index (χ1) is 11.3. The number of aromatic nitrogens is 3. The van der Waals surface area contributed by atoms with E-state index >= 15 is 4.39 Å². The van der Waals surface area contributed by atoms with E-state index in [1.807, 2.05) is 5.38 Å². The fraction of sp³-hybridized carbons (Fsp3) is 0.429. The summed E-state index contributed by atoms with van der Waals surface area (Å²) in [6.45, 7) is 1.35.